The van der Waals surface area contributed by atoms with E-state index in [-0.39, 0.29) is 6.54 Å². The molecule has 106 valence electrons. The lowest BCUT2D eigenvalue weighted by atomic mass is 10.2. The molecule has 0 aliphatic heterocycles. The molecule has 1 N–H and O–H groups in total. The first-order valence-electron chi connectivity index (χ1n) is 6.37. The van der Waals surface area contributed by atoms with Crippen LogP contribution < -0.4 is 14.8 Å². The maximum absolute atomic E-state index is 9.00. The summed E-state index contributed by atoms with van der Waals surface area (Å²) in [5, 5.41) is 12.1. The average molecular weight is 274 g/mol. The number of rotatable bonds is 6. The number of fused-ring (bicyclic) bond motifs is 1. The van der Waals surface area contributed by atoms with Crippen LogP contribution in [0.5, 0.6) is 11.5 Å². The van der Waals surface area contributed by atoms with Crippen LogP contribution in [0.1, 0.15) is 5.82 Å². The third-order valence-electron chi connectivity index (χ3n) is 3.16. The minimum absolute atomic E-state index is 0.269. The molecule has 2 aromatic rings. The molecule has 0 saturated heterocycles. The molecule has 20 heavy (non-hydrogen) atoms. The van der Waals surface area contributed by atoms with Crippen molar-refractivity contribution in [3.8, 4) is 17.6 Å². The first kappa shape index (κ1) is 14.2. The van der Waals surface area contributed by atoms with Gasteiger partial charge in [-0.3, -0.25) is 0 Å². The van der Waals surface area contributed by atoms with Crippen LogP contribution >= 0.6 is 0 Å². The molecule has 0 spiro atoms. The zero-order valence-corrected chi connectivity index (χ0v) is 11.9. The smallest absolute Gasteiger partial charge is 0.163 e. The topological polar surface area (TPSA) is 72.1 Å². The Kier molecular flexibility index (Phi) is 4.43. The van der Waals surface area contributed by atoms with Crippen molar-refractivity contribution in [2.75, 3.05) is 27.8 Å². The lowest BCUT2D eigenvalue weighted by Gasteiger charge is -2.08. The number of ether oxygens (including phenoxy) is 2. The van der Waals surface area contributed by atoms with E-state index in [1.54, 1.807) is 14.2 Å². The van der Waals surface area contributed by atoms with Crippen LogP contribution in [-0.2, 0) is 13.0 Å². The first-order chi connectivity index (χ1) is 9.74. The predicted octanol–water partition coefficient (Wildman–Crippen LogP) is 1.34. The fraction of sp³-hybridized carbons (Fsp3) is 0.429. The number of likely N-dealkylation sites (N-methyl/N-ethyl adjacent to an activating group) is 1. The summed E-state index contributed by atoms with van der Waals surface area (Å²) in [7, 11) is 5.08. The molecule has 1 aromatic heterocycles. The van der Waals surface area contributed by atoms with E-state index in [1.165, 1.54) is 0 Å². The van der Waals surface area contributed by atoms with E-state index < -0.39 is 0 Å². The minimum Gasteiger partial charge on any atom is -0.493 e. The summed E-state index contributed by atoms with van der Waals surface area (Å²) in [5.74, 6) is 2.16. The number of methoxy groups -OCH3 is 2. The van der Waals surface area contributed by atoms with Crippen molar-refractivity contribution in [2.24, 2.45) is 0 Å². The standard InChI is InChI=1S/C14H18N4O2/c1-16-6-4-14-17-10-8-12(19-2)13(20-3)9-11(10)18(14)7-5-15/h8-9,16H,4,6-7H2,1-3H3. The van der Waals surface area contributed by atoms with Gasteiger partial charge in [-0.05, 0) is 7.05 Å². The number of benzene rings is 1. The van der Waals surface area contributed by atoms with E-state index in [0.717, 1.165) is 29.8 Å². The number of hydrogen-bond donors (Lipinski definition) is 1. The molecule has 6 nitrogen and oxygen atoms in total. The van der Waals surface area contributed by atoms with Crippen molar-refractivity contribution in [3.05, 3.63) is 18.0 Å². The SMILES string of the molecule is CNCCc1nc2cc(OC)c(OC)cc2n1CC#N. The van der Waals surface area contributed by atoms with Gasteiger partial charge in [-0.25, -0.2) is 4.98 Å². The summed E-state index contributed by atoms with van der Waals surface area (Å²) in [6.45, 7) is 1.08. The fourth-order valence-corrected chi connectivity index (χ4v) is 2.18. The largest absolute Gasteiger partial charge is 0.493 e. The van der Waals surface area contributed by atoms with E-state index in [1.807, 2.05) is 23.7 Å². The van der Waals surface area contributed by atoms with Crippen LogP contribution in [0.3, 0.4) is 0 Å². The zero-order chi connectivity index (χ0) is 14.5. The van der Waals surface area contributed by atoms with Gasteiger partial charge in [0.25, 0.3) is 0 Å². The quantitative estimate of drug-likeness (QED) is 0.860. The molecule has 6 heteroatoms. The van der Waals surface area contributed by atoms with Gasteiger partial charge >= 0.3 is 0 Å². The maximum atomic E-state index is 9.00. The molecule has 1 aromatic carbocycles. The Hall–Kier alpha value is -2.26. The summed E-state index contributed by atoms with van der Waals surface area (Å²) in [4.78, 5) is 4.59. The summed E-state index contributed by atoms with van der Waals surface area (Å²) >= 11 is 0. The Morgan fingerprint density at radius 2 is 2.00 bits per heavy atom. The van der Waals surface area contributed by atoms with Gasteiger partial charge in [0.1, 0.15) is 12.4 Å². The van der Waals surface area contributed by atoms with Gasteiger partial charge in [0, 0.05) is 25.1 Å². The van der Waals surface area contributed by atoms with Crippen molar-refractivity contribution in [2.45, 2.75) is 13.0 Å². The van der Waals surface area contributed by atoms with Crippen LogP contribution in [0.15, 0.2) is 12.1 Å². The number of nitrogens with zero attached hydrogens (tertiary/aromatic N) is 3. The van der Waals surface area contributed by atoms with Crippen LogP contribution in [-0.4, -0.2) is 37.4 Å². The summed E-state index contributed by atoms with van der Waals surface area (Å²) in [6.07, 6.45) is 0.761. The van der Waals surface area contributed by atoms with Crippen molar-refractivity contribution in [3.63, 3.8) is 0 Å². The van der Waals surface area contributed by atoms with Gasteiger partial charge in [0.05, 0.1) is 31.3 Å². The molecule has 0 aliphatic carbocycles. The van der Waals surface area contributed by atoms with E-state index in [2.05, 4.69) is 16.4 Å². The highest BCUT2D eigenvalue weighted by atomic mass is 16.5. The van der Waals surface area contributed by atoms with Crippen LogP contribution in [0.25, 0.3) is 11.0 Å². The highest BCUT2D eigenvalue weighted by Gasteiger charge is 2.14. The van der Waals surface area contributed by atoms with Crippen LogP contribution in [0.2, 0.25) is 0 Å². The predicted molar refractivity (Wildman–Crippen MR) is 76.1 cm³/mol. The Bertz CT molecular complexity index is 643. The van der Waals surface area contributed by atoms with Gasteiger partial charge in [-0.1, -0.05) is 0 Å². The summed E-state index contributed by atoms with van der Waals surface area (Å²) in [6, 6.07) is 5.88. The molecule has 0 saturated carbocycles. The Balaban J connectivity index is 2.58. The fourth-order valence-electron chi connectivity index (χ4n) is 2.18. The monoisotopic (exact) mass is 274 g/mol. The van der Waals surface area contributed by atoms with Crippen molar-refractivity contribution in [1.82, 2.24) is 14.9 Å². The van der Waals surface area contributed by atoms with Gasteiger partial charge in [-0.15, -0.1) is 0 Å². The average Bonchev–Trinajstić information content (AvgIpc) is 2.81. The van der Waals surface area contributed by atoms with E-state index in [4.69, 9.17) is 14.7 Å². The Morgan fingerprint density at radius 1 is 1.30 bits per heavy atom. The third-order valence-corrected chi connectivity index (χ3v) is 3.16. The lowest BCUT2D eigenvalue weighted by Crippen LogP contribution is -2.14. The molecule has 1 heterocycles. The molecule has 0 unspecified atom stereocenters. The molecule has 0 aliphatic rings. The first-order valence-corrected chi connectivity index (χ1v) is 6.37. The third kappa shape index (κ3) is 2.53. The second kappa shape index (κ2) is 6.26. The molecular weight excluding hydrogens is 256 g/mol. The van der Waals surface area contributed by atoms with Gasteiger partial charge in [0.2, 0.25) is 0 Å². The van der Waals surface area contributed by atoms with Crippen molar-refractivity contribution < 1.29 is 9.47 Å². The molecule has 2 rings (SSSR count). The summed E-state index contributed by atoms with van der Waals surface area (Å²) < 4.78 is 12.5. The molecule has 0 amide bonds. The highest BCUT2D eigenvalue weighted by Crippen LogP contribution is 2.32. The normalized spacial score (nSPS) is 10.5. The molecule has 0 atom stereocenters. The van der Waals surface area contributed by atoms with Gasteiger partial charge in [-0.2, -0.15) is 5.26 Å². The Labute approximate surface area is 117 Å². The maximum Gasteiger partial charge on any atom is 0.163 e. The Morgan fingerprint density at radius 3 is 2.60 bits per heavy atom. The highest BCUT2D eigenvalue weighted by molar-refractivity contribution is 5.80. The van der Waals surface area contributed by atoms with Crippen LogP contribution in [0, 0.1) is 11.3 Å². The molecule has 0 fully saturated rings. The number of aromatic nitrogens is 2. The van der Waals surface area contributed by atoms with Crippen LogP contribution in [0.4, 0.5) is 0 Å². The molecular formula is C14H18N4O2. The zero-order valence-electron chi connectivity index (χ0n) is 11.9. The number of hydrogen-bond acceptors (Lipinski definition) is 5. The van der Waals surface area contributed by atoms with E-state index >= 15 is 0 Å². The second-order valence-electron chi connectivity index (χ2n) is 4.32. The van der Waals surface area contributed by atoms with Gasteiger partial charge < -0.3 is 19.4 Å². The summed E-state index contributed by atoms with van der Waals surface area (Å²) in [5.41, 5.74) is 1.69. The second-order valence-corrected chi connectivity index (χ2v) is 4.32. The van der Waals surface area contributed by atoms with Crippen molar-refractivity contribution in [1.29, 1.82) is 5.26 Å². The molecule has 0 bridgehead atoms. The molecule has 0 radical (unpaired) electrons. The number of nitriles is 1. The van der Waals surface area contributed by atoms with E-state index in [0.29, 0.717) is 11.5 Å². The van der Waals surface area contributed by atoms with Gasteiger partial charge in [0.15, 0.2) is 11.5 Å². The van der Waals surface area contributed by atoms with Crippen molar-refractivity contribution >= 4 is 11.0 Å². The van der Waals surface area contributed by atoms with E-state index in [9.17, 15) is 0 Å². The lowest BCUT2D eigenvalue weighted by molar-refractivity contribution is 0.355. The number of nitrogens with one attached hydrogen (secondary N) is 1. The number of imidazole rings is 1. The minimum atomic E-state index is 0.269.